The van der Waals surface area contributed by atoms with Crippen molar-refractivity contribution in [3.05, 3.63) is 29.2 Å². The fourth-order valence-electron chi connectivity index (χ4n) is 1.56. The van der Waals surface area contributed by atoms with Crippen molar-refractivity contribution in [2.45, 2.75) is 12.6 Å². The van der Waals surface area contributed by atoms with Crippen LogP contribution in [0.15, 0.2) is 29.4 Å². The minimum atomic E-state index is -2.28. The van der Waals surface area contributed by atoms with Crippen molar-refractivity contribution in [2.75, 3.05) is 11.4 Å². The Bertz CT molecular complexity index is 393. The molecule has 2 rings (SSSR count). The molecule has 0 aromatic heterocycles. The van der Waals surface area contributed by atoms with E-state index in [0.717, 1.165) is 18.7 Å². The van der Waals surface area contributed by atoms with Gasteiger partial charge in [0.2, 0.25) is 5.30 Å². The van der Waals surface area contributed by atoms with Crippen LogP contribution < -0.4 is 10.2 Å². The Morgan fingerprint density at radius 2 is 2.07 bits per heavy atom. The molecule has 0 bridgehead atoms. The summed E-state index contributed by atoms with van der Waals surface area (Å²) < 4.78 is 10.8. The first-order chi connectivity index (χ1) is 7.22. The summed E-state index contributed by atoms with van der Waals surface area (Å²) in [5.74, 6) is 0. The second kappa shape index (κ2) is 4.04. The Morgan fingerprint density at radius 1 is 1.40 bits per heavy atom. The van der Waals surface area contributed by atoms with Crippen molar-refractivity contribution in [3.63, 3.8) is 0 Å². The van der Waals surface area contributed by atoms with E-state index in [9.17, 15) is 9.47 Å². The van der Waals surface area contributed by atoms with Crippen LogP contribution in [-0.4, -0.2) is 17.6 Å². The molecule has 0 aliphatic carbocycles. The number of hydrogen-bond acceptors (Lipinski definition) is 4. The fraction of sp³-hybridized carbons (Fsp3) is 0.333. The molecule has 6 heteroatoms. The molecule has 0 saturated carbocycles. The van der Waals surface area contributed by atoms with Gasteiger partial charge in [0.25, 0.3) is 0 Å². The van der Waals surface area contributed by atoms with Gasteiger partial charge in [-0.25, -0.2) is 0 Å². The van der Waals surface area contributed by atoms with Gasteiger partial charge in [0.05, 0.1) is 0 Å². The summed E-state index contributed by atoms with van der Waals surface area (Å²) in [5.41, 5.74) is 0.867. The minimum absolute atomic E-state index is 0.279. The molecule has 1 aromatic carbocycles. The first-order valence-corrected chi connectivity index (χ1v) is 5.79. The summed E-state index contributed by atoms with van der Waals surface area (Å²) in [6.07, 6.45) is 0.498. The van der Waals surface area contributed by atoms with Crippen LogP contribution in [0.4, 0.5) is 5.69 Å². The Labute approximate surface area is 87.6 Å². The molecule has 0 radical (unpaired) electrons. The highest BCUT2D eigenvalue weighted by Gasteiger charge is 2.29. The number of anilines is 1. The lowest BCUT2D eigenvalue weighted by Crippen LogP contribution is -2.46. The van der Waals surface area contributed by atoms with Gasteiger partial charge in [-0.15, -0.1) is 4.91 Å². The average molecular weight is 225 g/mol. The van der Waals surface area contributed by atoms with Crippen LogP contribution in [0.2, 0.25) is 0 Å². The molecule has 15 heavy (non-hydrogen) atoms. The SMILES string of the molecule is O=N[C@H]1CCN1c1ccc([P+](=O)O)cc1. The molecule has 1 unspecified atom stereocenters. The topological polar surface area (TPSA) is 70.0 Å². The molecule has 1 N–H and O–H groups in total. The second-order valence-electron chi connectivity index (χ2n) is 3.36. The maximum absolute atomic E-state index is 10.8. The van der Waals surface area contributed by atoms with Gasteiger partial charge in [0.1, 0.15) is 0 Å². The zero-order chi connectivity index (χ0) is 10.8. The lowest BCUT2D eigenvalue weighted by atomic mass is 10.1. The number of nitroso groups, excluding NO2 is 1. The summed E-state index contributed by atoms with van der Waals surface area (Å²) in [7, 11) is -2.28. The van der Waals surface area contributed by atoms with Gasteiger partial charge < -0.3 is 4.90 Å². The van der Waals surface area contributed by atoms with Gasteiger partial charge >= 0.3 is 8.03 Å². The highest BCUT2D eigenvalue weighted by molar-refractivity contribution is 7.47. The Balaban J connectivity index is 2.17. The Morgan fingerprint density at radius 3 is 2.47 bits per heavy atom. The molecule has 1 aliphatic rings. The number of rotatable bonds is 3. The van der Waals surface area contributed by atoms with E-state index < -0.39 is 8.03 Å². The maximum atomic E-state index is 10.8. The van der Waals surface area contributed by atoms with E-state index in [1.165, 1.54) is 0 Å². The highest BCUT2D eigenvalue weighted by atomic mass is 31.1. The fourth-order valence-corrected chi connectivity index (χ4v) is 1.96. The monoisotopic (exact) mass is 225 g/mol. The van der Waals surface area contributed by atoms with E-state index in [0.29, 0.717) is 5.30 Å². The lowest BCUT2D eigenvalue weighted by molar-refractivity contribution is 0.462. The van der Waals surface area contributed by atoms with Crippen LogP contribution in [-0.2, 0) is 4.57 Å². The van der Waals surface area contributed by atoms with E-state index in [-0.39, 0.29) is 6.17 Å². The quantitative estimate of drug-likeness (QED) is 0.622. The minimum Gasteiger partial charge on any atom is -0.347 e. The molecule has 0 amide bonds. The predicted molar refractivity (Wildman–Crippen MR) is 57.4 cm³/mol. The molecule has 1 saturated heterocycles. The van der Waals surface area contributed by atoms with Crippen molar-refractivity contribution < 1.29 is 9.46 Å². The number of benzene rings is 1. The summed E-state index contributed by atoms with van der Waals surface area (Å²) in [4.78, 5) is 21.1. The first-order valence-electron chi connectivity index (χ1n) is 4.57. The van der Waals surface area contributed by atoms with E-state index >= 15 is 0 Å². The van der Waals surface area contributed by atoms with E-state index in [2.05, 4.69) is 5.18 Å². The zero-order valence-corrected chi connectivity index (χ0v) is 8.80. The number of nitrogens with zero attached hydrogens (tertiary/aromatic N) is 2. The van der Waals surface area contributed by atoms with Crippen LogP contribution in [0.5, 0.6) is 0 Å². The van der Waals surface area contributed by atoms with Gasteiger partial charge in [-0.05, 0) is 34.0 Å². The third kappa shape index (κ3) is 1.89. The molecule has 1 aromatic rings. The highest BCUT2D eigenvalue weighted by Crippen LogP contribution is 2.27. The molecular formula is C9H10N2O3P+. The Hall–Kier alpha value is -1.32. The van der Waals surface area contributed by atoms with E-state index in [4.69, 9.17) is 4.89 Å². The predicted octanol–water partition coefficient (Wildman–Crippen LogP) is 1.35. The normalized spacial score (nSPS) is 20.7. The zero-order valence-electron chi connectivity index (χ0n) is 7.91. The molecule has 78 valence electrons. The third-order valence-electron chi connectivity index (χ3n) is 2.51. The number of hydrogen-bond donors (Lipinski definition) is 1. The summed E-state index contributed by atoms with van der Waals surface area (Å²) >= 11 is 0. The van der Waals surface area contributed by atoms with Gasteiger partial charge in [-0.1, -0.05) is 0 Å². The van der Waals surface area contributed by atoms with Crippen molar-refractivity contribution in [3.8, 4) is 0 Å². The second-order valence-corrected chi connectivity index (χ2v) is 4.42. The third-order valence-corrected chi connectivity index (χ3v) is 3.25. The van der Waals surface area contributed by atoms with Crippen LogP contribution >= 0.6 is 8.03 Å². The van der Waals surface area contributed by atoms with Crippen molar-refractivity contribution >= 4 is 19.0 Å². The van der Waals surface area contributed by atoms with Crippen LogP contribution in [0.3, 0.4) is 0 Å². The molecule has 2 atom stereocenters. The molecule has 0 spiro atoms. The van der Waals surface area contributed by atoms with Gasteiger partial charge in [0, 0.05) is 18.7 Å². The smallest absolute Gasteiger partial charge is 0.347 e. The van der Waals surface area contributed by atoms with Gasteiger partial charge in [-0.3, -0.25) is 0 Å². The summed E-state index contributed by atoms with van der Waals surface area (Å²) in [6, 6.07) is 6.65. The van der Waals surface area contributed by atoms with E-state index in [1.54, 1.807) is 24.3 Å². The molecule has 5 nitrogen and oxygen atoms in total. The molecule has 1 aliphatic heterocycles. The average Bonchev–Trinajstić information content (AvgIpc) is 2.17. The van der Waals surface area contributed by atoms with Crippen molar-refractivity contribution in [2.24, 2.45) is 5.18 Å². The van der Waals surface area contributed by atoms with Crippen molar-refractivity contribution in [1.82, 2.24) is 0 Å². The summed E-state index contributed by atoms with van der Waals surface area (Å²) in [6.45, 7) is 0.807. The van der Waals surface area contributed by atoms with Gasteiger partial charge in [-0.2, -0.15) is 4.89 Å². The van der Waals surface area contributed by atoms with Gasteiger partial charge in [0.15, 0.2) is 6.17 Å². The lowest BCUT2D eigenvalue weighted by Gasteiger charge is -2.37. The van der Waals surface area contributed by atoms with E-state index in [1.807, 2.05) is 4.90 Å². The molecule has 1 fully saturated rings. The van der Waals surface area contributed by atoms with Crippen LogP contribution in [0, 0.1) is 4.91 Å². The van der Waals surface area contributed by atoms with Crippen molar-refractivity contribution in [1.29, 1.82) is 0 Å². The van der Waals surface area contributed by atoms with Crippen LogP contribution in [0.25, 0.3) is 0 Å². The molecular weight excluding hydrogens is 215 g/mol. The molecule has 1 heterocycles. The van der Waals surface area contributed by atoms with Crippen LogP contribution in [0.1, 0.15) is 6.42 Å². The maximum Gasteiger partial charge on any atom is 0.546 e. The standard InChI is InChI=1S/C9H9N2O3P/c12-10-9-5-6-11(9)7-1-3-8(4-2-7)15(13)14/h1-4,9H,5-6H2/p+1/t9-/m1/s1. The summed E-state index contributed by atoms with van der Waals surface area (Å²) in [5, 5.41) is 3.37. The largest absolute Gasteiger partial charge is 0.546 e. The Kier molecular flexibility index (Phi) is 2.75. The first kappa shape index (κ1) is 10.2.